The summed E-state index contributed by atoms with van der Waals surface area (Å²) in [5.74, 6) is 0.717. The molecule has 0 spiro atoms. The van der Waals surface area contributed by atoms with Crippen LogP contribution in [0.2, 0.25) is 0 Å². The lowest BCUT2D eigenvalue weighted by Gasteiger charge is -2.29. The van der Waals surface area contributed by atoms with Crippen LogP contribution in [0.15, 0.2) is 66.9 Å². The van der Waals surface area contributed by atoms with E-state index in [4.69, 9.17) is 0 Å². The number of aryl methyl sites for hydroxylation is 1. The van der Waals surface area contributed by atoms with Crippen molar-refractivity contribution in [1.82, 2.24) is 10.3 Å². The van der Waals surface area contributed by atoms with Crippen LogP contribution in [0.25, 0.3) is 10.9 Å². The number of aromatic nitrogens is 1. The molecule has 1 aromatic heterocycles. The van der Waals surface area contributed by atoms with Crippen LogP contribution < -0.4 is 5.32 Å². The van der Waals surface area contributed by atoms with E-state index in [1.165, 1.54) is 34.9 Å². The van der Waals surface area contributed by atoms with Crippen LogP contribution in [0.3, 0.4) is 0 Å². The summed E-state index contributed by atoms with van der Waals surface area (Å²) in [6.07, 6.45) is 11.4. The molecule has 1 aliphatic rings. The third kappa shape index (κ3) is 3.68. The molecular weight excluding hydrogens is 320 g/mol. The first kappa shape index (κ1) is 16.9. The van der Waals surface area contributed by atoms with E-state index >= 15 is 0 Å². The quantitative estimate of drug-likeness (QED) is 0.439. The summed E-state index contributed by atoms with van der Waals surface area (Å²) in [6, 6.07) is 16.6. The van der Waals surface area contributed by atoms with Gasteiger partial charge in [-0.1, -0.05) is 48.9 Å². The summed E-state index contributed by atoms with van der Waals surface area (Å²) >= 11 is 0. The summed E-state index contributed by atoms with van der Waals surface area (Å²) in [4.78, 5) is 3.37. The molecule has 0 saturated carbocycles. The Labute approximate surface area is 154 Å². The molecule has 3 heteroatoms. The van der Waals surface area contributed by atoms with E-state index < -0.39 is 0 Å². The first-order chi connectivity index (χ1) is 12.8. The van der Waals surface area contributed by atoms with Crippen molar-refractivity contribution in [3.63, 3.8) is 0 Å². The van der Waals surface area contributed by atoms with Crippen molar-refractivity contribution < 1.29 is 5.11 Å². The summed E-state index contributed by atoms with van der Waals surface area (Å²) in [7, 11) is 0. The Hall–Kier alpha value is -2.52. The molecule has 0 amide bonds. The van der Waals surface area contributed by atoms with Crippen LogP contribution >= 0.6 is 0 Å². The van der Waals surface area contributed by atoms with E-state index in [0.29, 0.717) is 17.7 Å². The van der Waals surface area contributed by atoms with Gasteiger partial charge in [-0.25, -0.2) is 0 Å². The topological polar surface area (TPSA) is 48.0 Å². The van der Waals surface area contributed by atoms with Crippen molar-refractivity contribution in [2.24, 2.45) is 0 Å². The minimum Gasteiger partial charge on any atom is -0.508 e. The first-order valence-electron chi connectivity index (χ1n) is 9.55. The predicted molar refractivity (Wildman–Crippen MR) is 108 cm³/mol. The summed E-state index contributed by atoms with van der Waals surface area (Å²) in [6.45, 7) is 0.946. The zero-order chi connectivity index (χ0) is 17.8. The van der Waals surface area contributed by atoms with Crippen molar-refractivity contribution in [2.75, 3.05) is 6.54 Å². The second kappa shape index (κ2) is 7.79. The predicted octanol–water partition coefficient (Wildman–Crippen LogP) is 4.90. The smallest absolute Gasteiger partial charge is 0.115 e. The van der Waals surface area contributed by atoms with Gasteiger partial charge >= 0.3 is 0 Å². The number of unbranched alkanes of at least 4 members (excludes halogenated alkanes) is 1. The molecule has 0 bridgehead atoms. The molecule has 3 N–H and O–H groups in total. The molecule has 1 aliphatic heterocycles. The number of phenols is 1. The second-order valence-corrected chi connectivity index (χ2v) is 7.17. The van der Waals surface area contributed by atoms with Crippen LogP contribution in [0.4, 0.5) is 0 Å². The van der Waals surface area contributed by atoms with Crippen LogP contribution in [0, 0.1) is 0 Å². The van der Waals surface area contributed by atoms with E-state index in [-0.39, 0.29) is 0 Å². The van der Waals surface area contributed by atoms with Gasteiger partial charge < -0.3 is 15.4 Å². The number of phenolic OH excluding ortho intramolecular Hbond substituents is 1. The Morgan fingerprint density at radius 1 is 1.00 bits per heavy atom. The number of H-pyrrole nitrogens is 1. The number of rotatable bonds is 6. The molecule has 2 atom stereocenters. The Bertz CT molecular complexity index is 879. The number of fused-ring (bicyclic) bond motifs is 1. The van der Waals surface area contributed by atoms with E-state index in [9.17, 15) is 5.11 Å². The average molecular weight is 346 g/mol. The highest BCUT2D eigenvalue weighted by molar-refractivity contribution is 5.82. The van der Waals surface area contributed by atoms with Gasteiger partial charge in [-0.2, -0.15) is 0 Å². The fourth-order valence-electron chi connectivity index (χ4n) is 4.03. The maximum atomic E-state index is 9.52. The molecule has 0 saturated heterocycles. The molecule has 2 aromatic carbocycles. The molecule has 2 unspecified atom stereocenters. The van der Waals surface area contributed by atoms with Gasteiger partial charge in [0.05, 0.1) is 0 Å². The van der Waals surface area contributed by atoms with E-state index in [2.05, 4.69) is 52.9 Å². The first-order valence-corrected chi connectivity index (χ1v) is 9.55. The molecule has 3 aromatic rings. The number of nitrogens with one attached hydrogen (secondary N) is 2. The Morgan fingerprint density at radius 2 is 1.85 bits per heavy atom. The largest absolute Gasteiger partial charge is 0.508 e. The fourth-order valence-corrected chi connectivity index (χ4v) is 4.03. The lowest BCUT2D eigenvalue weighted by Crippen LogP contribution is -2.37. The molecule has 26 heavy (non-hydrogen) atoms. The van der Waals surface area contributed by atoms with Crippen molar-refractivity contribution >= 4 is 10.9 Å². The lowest BCUT2D eigenvalue weighted by atomic mass is 9.86. The Kier molecular flexibility index (Phi) is 5.07. The number of para-hydroxylation sites is 1. The van der Waals surface area contributed by atoms with Gasteiger partial charge in [-0.05, 0) is 48.6 Å². The maximum absolute atomic E-state index is 9.52. The monoisotopic (exact) mass is 346 g/mol. The number of hydrogen-bond donors (Lipinski definition) is 3. The molecule has 134 valence electrons. The SMILES string of the molecule is Oc1ccc(C2C=CCNC2CCCCc2c[nH]c3ccccc23)cc1. The lowest BCUT2D eigenvalue weighted by molar-refractivity contribution is 0.431. The van der Waals surface area contributed by atoms with Crippen molar-refractivity contribution in [3.05, 3.63) is 78.0 Å². The van der Waals surface area contributed by atoms with Crippen molar-refractivity contribution in [3.8, 4) is 5.75 Å². The molecule has 4 rings (SSSR count). The number of hydrogen-bond acceptors (Lipinski definition) is 2. The summed E-state index contributed by atoms with van der Waals surface area (Å²) in [5.41, 5.74) is 3.93. The molecule has 2 heterocycles. The maximum Gasteiger partial charge on any atom is 0.115 e. The summed E-state index contributed by atoms with van der Waals surface area (Å²) < 4.78 is 0. The van der Waals surface area contributed by atoms with Gasteiger partial charge in [-0.15, -0.1) is 0 Å². The molecule has 0 aliphatic carbocycles. The van der Waals surface area contributed by atoms with Crippen molar-refractivity contribution in [1.29, 1.82) is 0 Å². The van der Waals surface area contributed by atoms with Gasteiger partial charge in [0.2, 0.25) is 0 Å². The Morgan fingerprint density at radius 3 is 2.73 bits per heavy atom. The normalized spacial score (nSPS) is 19.8. The van der Waals surface area contributed by atoms with Gasteiger partial charge in [0.25, 0.3) is 0 Å². The fraction of sp³-hybridized carbons (Fsp3) is 0.304. The highest BCUT2D eigenvalue weighted by Gasteiger charge is 2.22. The summed E-state index contributed by atoms with van der Waals surface area (Å²) in [5, 5.41) is 14.5. The Balaban J connectivity index is 1.34. The highest BCUT2D eigenvalue weighted by atomic mass is 16.3. The van der Waals surface area contributed by atoms with Gasteiger partial charge in [0, 0.05) is 35.6 Å². The molecule has 0 radical (unpaired) electrons. The van der Waals surface area contributed by atoms with Gasteiger partial charge in [0.15, 0.2) is 0 Å². The van der Waals surface area contributed by atoms with E-state index in [1.54, 1.807) is 12.1 Å². The number of aromatic amines is 1. The van der Waals surface area contributed by atoms with E-state index in [1.807, 2.05) is 12.1 Å². The zero-order valence-corrected chi connectivity index (χ0v) is 15.0. The van der Waals surface area contributed by atoms with Crippen LogP contribution in [0.5, 0.6) is 5.75 Å². The average Bonchev–Trinajstić information content (AvgIpc) is 3.09. The van der Waals surface area contributed by atoms with Gasteiger partial charge in [-0.3, -0.25) is 0 Å². The van der Waals surface area contributed by atoms with Gasteiger partial charge in [0.1, 0.15) is 5.75 Å². The van der Waals surface area contributed by atoms with E-state index in [0.717, 1.165) is 19.4 Å². The zero-order valence-electron chi connectivity index (χ0n) is 15.0. The van der Waals surface area contributed by atoms with Crippen LogP contribution in [-0.4, -0.2) is 22.7 Å². The third-order valence-electron chi connectivity index (χ3n) is 5.44. The molecule has 3 nitrogen and oxygen atoms in total. The van der Waals surface area contributed by atoms with Crippen LogP contribution in [-0.2, 0) is 6.42 Å². The van der Waals surface area contributed by atoms with Crippen molar-refractivity contribution in [2.45, 2.75) is 37.6 Å². The molecule has 0 fully saturated rings. The third-order valence-corrected chi connectivity index (χ3v) is 5.44. The highest BCUT2D eigenvalue weighted by Crippen LogP contribution is 2.28. The standard InChI is InChI=1S/C23H26N2O/c26-19-13-11-17(12-14-19)20-8-5-15-24-22(20)9-3-1-6-18-16-25-23-10-4-2-7-21(18)23/h2,4-5,7-8,10-14,16,20,22,24-26H,1,3,6,9,15H2. The number of aromatic hydroxyl groups is 1. The molecular formula is C23H26N2O. The van der Waals surface area contributed by atoms with Crippen LogP contribution in [0.1, 0.15) is 36.3 Å². The minimum absolute atomic E-state index is 0.330. The second-order valence-electron chi connectivity index (χ2n) is 7.17. The number of benzene rings is 2. The minimum atomic E-state index is 0.330.